The Labute approximate surface area is 63.9 Å². The van der Waals surface area contributed by atoms with Gasteiger partial charge in [0.2, 0.25) is 0 Å². The van der Waals surface area contributed by atoms with Crippen molar-refractivity contribution in [3.8, 4) is 0 Å². The number of hydrogen-bond acceptors (Lipinski definition) is 3. The number of carbonyl (C=O) groups excluding carboxylic acids is 1. The van der Waals surface area contributed by atoms with Crippen LogP contribution in [0, 0.1) is 0 Å². The van der Waals surface area contributed by atoms with Crippen LogP contribution in [0.4, 0.5) is 0 Å². The zero-order valence-corrected chi connectivity index (χ0v) is 6.17. The number of aliphatic hydroxyl groups is 1. The van der Waals surface area contributed by atoms with E-state index in [0.717, 1.165) is 0 Å². The Morgan fingerprint density at radius 2 is 2.50 bits per heavy atom. The Morgan fingerprint density at radius 3 is 3.00 bits per heavy atom. The highest BCUT2D eigenvalue weighted by atomic mass is 35.5. The van der Waals surface area contributed by atoms with E-state index in [9.17, 15) is 4.79 Å². The molecule has 1 N–H and O–H groups in total. The van der Waals surface area contributed by atoms with Crippen LogP contribution in [0.15, 0.2) is 0 Å². The summed E-state index contributed by atoms with van der Waals surface area (Å²) in [6.07, 6.45) is -0.887. The van der Waals surface area contributed by atoms with E-state index in [-0.39, 0.29) is 24.9 Å². The molecule has 58 valence electrons. The van der Waals surface area contributed by atoms with Gasteiger partial charge in [-0.05, 0) is 0 Å². The predicted octanol–water partition coefficient (Wildman–Crippen LogP) is -0.0559. The van der Waals surface area contributed by atoms with E-state index in [0.29, 0.717) is 5.88 Å². The highest BCUT2D eigenvalue weighted by Gasteiger charge is 2.26. The Morgan fingerprint density at radius 1 is 1.80 bits per heavy atom. The molecule has 1 rings (SSSR count). The minimum Gasteiger partial charge on any atom is -0.383 e. The standard InChI is InChI=1S/C6H9ClO3/c7-2-4-1-5(8)6(9)3-10-4/h4,6,9H,1-3H2. The quantitative estimate of drug-likeness (QED) is 0.553. The number of hydrogen-bond donors (Lipinski definition) is 1. The van der Waals surface area contributed by atoms with Crippen LogP contribution in [0.3, 0.4) is 0 Å². The molecule has 1 saturated heterocycles. The van der Waals surface area contributed by atoms with Crippen molar-refractivity contribution in [1.82, 2.24) is 0 Å². The van der Waals surface area contributed by atoms with Crippen LogP contribution >= 0.6 is 11.6 Å². The lowest BCUT2D eigenvalue weighted by molar-refractivity contribution is -0.141. The summed E-state index contributed by atoms with van der Waals surface area (Å²) in [6, 6.07) is 0. The lowest BCUT2D eigenvalue weighted by atomic mass is 10.1. The third kappa shape index (κ3) is 1.68. The van der Waals surface area contributed by atoms with Crippen molar-refractivity contribution in [3.05, 3.63) is 0 Å². The van der Waals surface area contributed by atoms with Gasteiger partial charge in [-0.3, -0.25) is 4.79 Å². The minimum absolute atomic E-state index is 0.0935. The monoisotopic (exact) mass is 164 g/mol. The van der Waals surface area contributed by atoms with Crippen molar-refractivity contribution in [2.45, 2.75) is 18.6 Å². The third-order valence-electron chi connectivity index (χ3n) is 1.46. The Bertz CT molecular complexity index is 137. The van der Waals surface area contributed by atoms with Gasteiger partial charge in [-0.25, -0.2) is 0 Å². The van der Waals surface area contributed by atoms with Crippen LogP contribution < -0.4 is 0 Å². The summed E-state index contributed by atoms with van der Waals surface area (Å²) in [6.45, 7) is 0.0935. The molecular formula is C6H9ClO3. The van der Waals surface area contributed by atoms with E-state index in [2.05, 4.69) is 0 Å². The number of ketones is 1. The van der Waals surface area contributed by atoms with Crippen LogP contribution in [0.1, 0.15) is 6.42 Å². The molecular weight excluding hydrogens is 156 g/mol. The van der Waals surface area contributed by atoms with Crippen LogP contribution in [-0.2, 0) is 9.53 Å². The Hall–Kier alpha value is -0.120. The highest BCUT2D eigenvalue weighted by Crippen LogP contribution is 2.10. The molecule has 2 unspecified atom stereocenters. The SMILES string of the molecule is O=C1CC(CCl)OCC1O. The van der Waals surface area contributed by atoms with Crippen molar-refractivity contribution in [2.24, 2.45) is 0 Å². The summed E-state index contributed by atoms with van der Waals surface area (Å²) < 4.78 is 5.01. The molecule has 1 fully saturated rings. The number of Topliss-reactive ketones (excluding diaryl/α,β-unsaturated/α-hetero) is 1. The summed E-state index contributed by atoms with van der Waals surface area (Å²) in [5.74, 6) is 0.148. The maximum Gasteiger partial charge on any atom is 0.166 e. The second kappa shape index (κ2) is 3.32. The summed E-state index contributed by atoms with van der Waals surface area (Å²) in [5.41, 5.74) is 0. The fourth-order valence-corrected chi connectivity index (χ4v) is 1.04. The molecule has 0 bridgehead atoms. The molecule has 0 saturated carbocycles. The maximum atomic E-state index is 10.8. The van der Waals surface area contributed by atoms with Crippen molar-refractivity contribution < 1.29 is 14.6 Å². The van der Waals surface area contributed by atoms with E-state index >= 15 is 0 Å². The second-order valence-electron chi connectivity index (χ2n) is 2.30. The Balaban J connectivity index is 2.41. The zero-order chi connectivity index (χ0) is 7.56. The molecule has 0 aromatic rings. The average molecular weight is 165 g/mol. The molecule has 0 radical (unpaired) electrons. The van der Waals surface area contributed by atoms with Gasteiger partial charge in [0.15, 0.2) is 5.78 Å². The first-order chi connectivity index (χ1) is 4.74. The van der Waals surface area contributed by atoms with Crippen molar-refractivity contribution in [1.29, 1.82) is 0 Å². The first-order valence-corrected chi connectivity index (χ1v) is 3.66. The molecule has 3 nitrogen and oxygen atoms in total. The zero-order valence-electron chi connectivity index (χ0n) is 5.42. The molecule has 0 amide bonds. The maximum absolute atomic E-state index is 10.8. The number of aliphatic hydroxyl groups excluding tert-OH is 1. The lowest BCUT2D eigenvalue weighted by Gasteiger charge is -2.22. The summed E-state index contributed by atoms with van der Waals surface area (Å²) in [4.78, 5) is 10.8. The summed E-state index contributed by atoms with van der Waals surface area (Å²) >= 11 is 5.43. The summed E-state index contributed by atoms with van der Waals surface area (Å²) in [5, 5.41) is 8.87. The molecule has 1 heterocycles. The van der Waals surface area contributed by atoms with Gasteiger partial charge in [0, 0.05) is 12.3 Å². The predicted molar refractivity (Wildman–Crippen MR) is 36.1 cm³/mol. The summed E-state index contributed by atoms with van der Waals surface area (Å²) in [7, 11) is 0. The topological polar surface area (TPSA) is 46.5 Å². The number of halogens is 1. The van der Waals surface area contributed by atoms with Crippen molar-refractivity contribution in [2.75, 3.05) is 12.5 Å². The first kappa shape index (κ1) is 7.98. The van der Waals surface area contributed by atoms with Gasteiger partial charge in [0.25, 0.3) is 0 Å². The second-order valence-corrected chi connectivity index (χ2v) is 2.60. The molecule has 0 aromatic heterocycles. The van der Waals surface area contributed by atoms with Crippen LogP contribution in [0.2, 0.25) is 0 Å². The molecule has 1 aliphatic rings. The minimum atomic E-state index is -0.931. The molecule has 1 aliphatic heterocycles. The van der Waals surface area contributed by atoms with E-state index in [1.165, 1.54) is 0 Å². The van der Waals surface area contributed by atoms with Gasteiger partial charge in [-0.2, -0.15) is 0 Å². The van der Waals surface area contributed by atoms with Crippen molar-refractivity contribution in [3.63, 3.8) is 0 Å². The van der Waals surface area contributed by atoms with E-state index in [1.807, 2.05) is 0 Å². The van der Waals surface area contributed by atoms with E-state index in [1.54, 1.807) is 0 Å². The largest absolute Gasteiger partial charge is 0.383 e. The molecule has 0 spiro atoms. The number of alkyl halides is 1. The first-order valence-electron chi connectivity index (χ1n) is 3.12. The fraction of sp³-hybridized carbons (Fsp3) is 0.833. The Kier molecular flexibility index (Phi) is 2.65. The average Bonchev–Trinajstić information content (AvgIpc) is 1.95. The van der Waals surface area contributed by atoms with E-state index < -0.39 is 6.10 Å². The van der Waals surface area contributed by atoms with Gasteiger partial charge < -0.3 is 9.84 Å². The molecule has 0 aromatic carbocycles. The molecule has 0 aliphatic carbocycles. The number of rotatable bonds is 1. The van der Waals surface area contributed by atoms with Gasteiger partial charge in [0.1, 0.15) is 6.10 Å². The van der Waals surface area contributed by atoms with Gasteiger partial charge in [-0.1, -0.05) is 0 Å². The van der Waals surface area contributed by atoms with Crippen LogP contribution in [0.5, 0.6) is 0 Å². The van der Waals surface area contributed by atoms with E-state index in [4.69, 9.17) is 21.4 Å². The van der Waals surface area contributed by atoms with Gasteiger partial charge in [0.05, 0.1) is 12.7 Å². The van der Waals surface area contributed by atoms with Crippen LogP contribution in [-0.4, -0.2) is 35.6 Å². The van der Waals surface area contributed by atoms with Crippen molar-refractivity contribution >= 4 is 17.4 Å². The normalized spacial score (nSPS) is 34.4. The number of carbonyl (C=O) groups is 1. The smallest absolute Gasteiger partial charge is 0.166 e. The highest BCUT2D eigenvalue weighted by molar-refractivity contribution is 6.18. The number of ether oxygens (including phenoxy) is 1. The third-order valence-corrected chi connectivity index (χ3v) is 1.81. The molecule has 10 heavy (non-hydrogen) atoms. The lowest BCUT2D eigenvalue weighted by Crippen LogP contribution is -2.38. The van der Waals surface area contributed by atoms with Gasteiger partial charge in [-0.15, -0.1) is 11.6 Å². The molecule has 2 atom stereocenters. The fourth-order valence-electron chi connectivity index (χ4n) is 0.839. The molecule has 4 heteroatoms. The van der Waals surface area contributed by atoms with Gasteiger partial charge >= 0.3 is 0 Å². The van der Waals surface area contributed by atoms with Crippen LogP contribution in [0.25, 0.3) is 0 Å².